The number of aryl methyl sites for hydroxylation is 1. The minimum Gasteiger partial charge on any atom is -0.322 e. The molecule has 0 unspecified atom stereocenters. The number of imide groups is 1. The molecule has 4 rings (SSSR count). The van der Waals surface area contributed by atoms with Gasteiger partial charge in [0.1, 0.15) is 5.54 Å². The number of nitrogens with zero attached hydrogens (tertiary/aromatic N) is 2. The Labute approximate surface area is 180 Å². The molecular weight excluding hydrogens is 396 g/mol. The van der Waals surface area contributed by atoms with Gasteiger partial charge in [-0.25, -0.2) is 4.79 Å². The maximum atomic E-state index is 12.9. The van der Waals surface area contributed by atoms with Crippen molar-refractivity contribution in [1.29, 1.82) is 0 Å². The molecule has 8 nitrogen and oxygen atoms in total. The molecule has 2 N–H and O–H groups in total. The van der Waals surface area contributed by atoms with Crippen molar-refractivity contribution in [2.24, 2.45) is 0 Å². The molecule has 2 heterocycles. The Morgan fingerprint density at radius 3 is 2.58 bits per heavy atom. The second-order valence-electron chi connectivity index (χ2n) is 8.03. The van der Waals surface area contributed by atoms with E-state index in [4.69, 9.17) is 0 Å². The molecule has 2 fully saturated rings. The molecule has 5 amide bonds. The monoisotopic (exact) mass is 420 g/mol. The lowest BCUT2D eigenvalue weighted by Crippen LogP contribution is -2.49. The van der Waals surface area contributed by atoms with Crippen molar-refractivity contribution in [3.05, 3.63) is 65.7 Å². The molecule has 2 aromatic rings. The van der Waals surface area contributed by atoms with Crippen LogP contribution in [-0.4, -0.2) is 40.8 Å². The van der Waals surface area contributed by atoms with Gasteiger partial charge in [0.05, 0.1) is 0 Å². The van der Waals surface area contributed by atoms with Crippen LogP contribution in [0.25, 0.3) is 0 Å². The summed E-state index contributed by atoms with van der Waals surface area (Å²) in [4.78, 5) is 51.7. The molecule has 0 aromatic heterocycles. The van der Waals surface area contributed by atoms with Gasteiger partial charge in [0, 0.05) is 24.2 Å². The van der Waals surface area contributed by atoms with Crippen LogP contribution >= 0.6 is 0 Å². The normalized spacial score (nSPS) is 20.9. The molecule has 8 heteroatoms. The maximum absolute atomic E-state index is 12.9. The van der Waals surface area contributed by atoms with Crippen molar-refractivity contribution in [2.75, 3.05) is 11.4 Å². The number of hydrogen-bond acceptors (Lipinski definition) is 4. The van der Waals surface area contributed by atoms with E-state index in [1.807, 2.05) is 30.3 Å². The molecule has 2 aliphatic rings. The van der Waals surface area contributed by atoms with Crippen LogP contribution < -0.4 is 15.6 Å². The average Bonchev–Trinajstić information content (AvgIpc) is 3.30. The molecule has 2 aromatic carbocycles. The first-order valence-electron chi connectivity index (χ1n) is 10.3. The number of rotatable bonds is 6. The van der Waals surface area contributed by atoms with E-state index >= 15 is 0 Å². The van der Waals surface area contributed by atoms with Gasteiger partial charge in [-0.15, -0.1) is 0 Å². The number of benzene rings is 2. The van der Waals surface area contributed by atoms with E-state index in [1.165, 1.54) is 0 Å². The Morgan fingerprint density at radius 1 is 1.10 bits per heavy atom. The lowest BCUT2D eigenvalue weighted by molar-refractivity contribution is -0.132. The minimum atomic E-state index is -1.11. The highest BCUT2D eigenvalue weighted by Crippen LogP contribution is 2.24. The Bertz CT molecular complexity index is 1040. The summed E-state index contributed by atoms with van der Waals surface area (Å²) in [6, 6.07) is 15.6. The highest BCUT2D eigenvalue weighted by molar-refractivity contribution is 6.09. The first-order chi connectivity index (χ1) is 14.9. The van der Waals surface area contributed by atoms with Crippen LogP contribution in [-0.2, 0) is 16.0 Å². The van der Waals surface area contributed by atoms with Gasteiger partial charge >= 0.3 is 6.03 Å². The molecule has 160 valence electrons. The van der Waals surface area contributed by atoms with E-state index in [0.29, 0.717) is 31.5 Å². The summed E-state index contributed by atoms with van der Waals surface area (Å²) in [6.07, 6.45) is 2.28. The third kappa shape index (κ3) is 4.14. The zero-order chi connectivity index (χ0) is 22.0. The standard InChI is InChI=1S/C23H24N4O4/c1-23(13-12-16-7-3-2-4-8-16)21(30)27(22(31)24-23)25-20(29)17-9-5-10-18(15-17)26-14-6-11-19(26)28/h2-5,7-10,15H,6,11-14H2,1H3,(H,24,31)(H,25,29)/t23-/m1/s1. The number of carbonyl (C=O) groups is 4. The number of hydrogen-bond donors (Lipinski definition) is 2. The predicted octanol–water partition coefficient (Wildman–Crippen LogP) is 2.40. The fourth-order valence-corrected chi connectivity index (χ4v) is 3.90. The lowest BCUT2D eigenvalue weighted by Gasteiger charge is -2.22. The zero-order valence-corrected chi connectivity index (χ0v) is 17.3. The summed E-state index contributed by atoms with van der Waals surface area (Å²) in [5.74, 6) is -1.09. The Hall–Kier alpha value is -3.68. The number of anilines is 1. The molecule has 0 radical (unpaired) electrons. The van der Waals surface area contributed by atoms with Crippen LogP contribution in [0.3, 0.4) is 0 Å². The molecule has 0 saturated carbocycles. The van der Waals surface area contributed by atoms with E-state index in [-0.39, 0.29) is 11.5 Å². The Kier molecular flexibility index (Phi) is 5.46. The Morgan fingerprint density at radius 2 is 1.87 bits per heavy atom. The fourth-order valence-electron chi connectivity index (χ4n) is 3.90. The van der Waals surface area contributed by atoms with Gasteiger partial charge in [0.15, 0.2) is 0 Å². The highest BCUT2D eigenvalue weighted by atomic mass is 16.2. The smallest absolute Gasteiger partial charge is 0.322 e. The molecule has 2 saturated heterocycles. The maximum Gasteiger partial charge on any atom is 0.344 e. The van der Waals surface area contributed by atoms with E-state index in [0.717, 1.165) is 17.0 Å². The molecule has 2 aliphatic heterocycles. The predicted molar refractivity (Wildman–Crippen MR) is 114 cm³/mol. The van der Waals surface area contributed by atoms with Gasteiger partial charge in [-0.05, 0) is 49.9 Å². The number of urea groups is 1. The molecule has 0 spiro atoms. The van der Waals surface area contributed by atoms with E-state index in [9.17, 15) is 19.2 Å². The molecule has 31 heavy (non-hydrogen) atoms. The fraction of sp³-hybridized carbons (Fsp3) is 0.304. The van der Waals surface area contributed by atoms with Crippen LogP contribution in [0.15, 0.2) is 54.6 Å². The Balaban J connectivity index is 1.44. The summed E-state index contributed by atoms with van der Waals surface area (Å²) in [5.41, 5.74) is 3.24. The topological polar surface area (TPSA) is 98.8 Å². The lowest BCUT2D eigenvalue weighted by atomic mass is 9.93. The van der Waals surface area contributed by atoms with Crippen LogP contribution in [0.5, 0.6) is 0 Å². The van der Waals surface area contributed by atoms with E-state index in [2.05, 4.69) is 10.7 Å². The summed E-state index contributed by atoms with van der Waals surface area (Å²) >= 11 is 0. The quantitative estimate of drug-likeness (QED) is 0.701. The average molecular weight is 420 g/mol. The SMILES string of the molecule is C[C@]1(CCc2ccccc2)NC(=O)N(NC(=O)c2cccc(N3CCCC3=O)c2)C1=O. The molecule has 0 aliphatic carbocycles. The van der Waals surface area contributed by atoms with Gasteiger partial charge in [-0.2, -0.15) is 5.01 Å². The van der Waals surface area contributed by atoms with Crippen LogP contribution in [0.1, 0.15) is 42.1 Å². The van der Waals surface area contributed by atoms with Crippen molar-refractivity contribution in [1.82, 2.24) is 15.8 Å². The van der Waals surface area contributed by atoms with Crippen LogP contribution in [0.4, 0.5) is 10.5 Å². The van der Waals surface area contributed by atoms with Gasteiger partial charge in [0.2, 0.25) is 5.91 Å². The molecular formula is C23H24N4O4. The number of amides is 5. The van der Waals surface area contributed by atoms with Crippen molar-refractivity contribution < 1.29 is 19.2 Å². The first kappa shape index (κ1) is 20.6. The molecule has 0 bridgehead atoms. The molecule has 1 atom stereocenters. The van der Waals surface area contributed by atoms with Crippen molar-refractivity contribution >= 4 is 29.4 Å². The largest absolute Gasteiger partial charge is 0.344 e. The van der Waals surface area contributed by atoms with Crippen LogP contribution in [0.2, 0.25) is 0 Å². The number of nitrogens with one attached hydrogen (secondary N) is 2. The number of hydrazine groups is 1. The van der Waals surface area contributed by atoms with Gasteiger partial charge in [-0.3, -0.25) is 19.8 Å². The van der Waals surface area contributed by atoms with Gasteiger partial charge < -0.3 is 10.2 Å². The van der Waals surface area contributed by atoms with Crippen LogP contribution in [0, 0.1) is 0 Å². The van der Waals surface area contributed by atoms with E-state index < -0.39 is 23.4 Å². The van der Waals surface area contributed by atoms with Gasteiger partial charge in [0.25, 0.3) is 11.8 Å². The summed E-state index contributed by atoms with van der Waals surface area (Å²) in [5, 5.41) is 3.43. The van der Waals surface area contributed by atoms with Crippen molar-refractivity contribution in [3.63, 3.8) is 0 Å². The zero-order valence-electron chi connectivity index (χ0n) is 17.3. The van der Waals surface area contributed by atoms with Crippen molar-refractivity contribution in [3.8, 4) is 0 Å². The summed E-state index contributed by atoms with van der Waals surface area (Å²) in [7, 11) is 0. The third-order valence-electron chi connectivity index (χ3n) is 5.72. The highest BCUT2D eigenvalue weighted by Gasteiger charge is 2.48. The van der Waals surface area contributed by atoms with Crippen molar-refractivity contribution in [2.45, 2.75) is 38.1 Å². The number of carbonyl (C=O) groups excluding carboxylic acids is 4. The van der Waals surface area contributed by atoms with Gasteiger partial charge in [-0.1, -0.05) is 36.4 Å². The third-order valence-corrected chi connectivity index (χ3v) is 5.72. The second-order valence-corrected chi connectivity index (χ2v) is 8.03. The first-order valence-corrected chi connectivity index (χ1v) is 10.3. The van der Waals surface area contributed by atoms with E-state index in [1.54, 1.807) is 36.1 Å². The summed E-state index contributed by atoms with van der Waals surface area (Å²) in [6.45, 7) is 2.26. The minimum absolute atomic E-state index is 0.0147. The summed E-state index contributed by atoms with van der Waals surface area (Å²) < 4.78 is 0. The second kappa shape index (κ2) is 8.22.